The number of amides is 1. The number of nitrogens with zero attached hydrogens (tertiary/aromatic N) is 1. The molecule has 0 bridgehead atoms. The van der Waals surface area contributed by atoms with Crippen molar-refractivity contribution in [1.29, 1.82) is 0 Å². The fourth-order valence-corrected chi connectivity index (χ4v) is 2.86. The number of hydrogen-bond donors (Lipinski definition) is 2. The van der Waals surface area contributed by atoms with Gasteiger partial charge in [-0.15, -0.1) is 0 Å². The molecule has 1 aromatic carbocycles. The summed E-state index contributed by atoms with van der Waals surface area (Å²) in [5, 5.41) is 11.5. The van der Waals surface area contributed by atoms with Gasteiger partial charge in [-0.1, -0.05) is 12.5 Å². The van der Waals surface area contributed by atoms with Gasteiger partial charge in [-0.3, -0.25) is 14.5 Å². The maximum absolute atomic E-state index is 13.1. The number of hydrogen-bond acceptors (Lipinski definition) is 3. The summed E-state index contributed by atoms with van der Waals surface area (Å²) in [5.74, 6) is -2.61. The molecule has 1 unspecified atom stereocenters. The first kappa shape index (κ1) is 19.2. The highest BCUT2D eigenvalue weighted by Gasteiger charge is 2.34. The van der Waals surface area contributed by atoms with Crippen LogP contribution in [0.5, 0.6) is 0 Å². The highest BCUT2D eigenvalue weighted by atomic mass is 19.4. The number of nitrogens with one attached hydrogen (secondary N) is 1. The van der Waals surface area contributed by atoms with E-state index in [-0.39, 0.29) is 12.1 Å². The van der Waals surface area contributed by atoms with Crippen molar-refractivity contribution in [2.75, 3.05) is 13.1 Å². The van der Waals surface area contributed by atoms with Crippen LogP contribution in [0.25, 0.3) is 0 Å². The Morgan fingerprint density at radius 1 is 1.28 bits per heavy atom. The Labute approximate surface area is 141 Å². The van der Waals surface area contributed by atoms with Gasteiger partial charge in [0.1, 0.15) is 11.9 Å². The quantitative estimate of drug-likeness (QED) is 0.790. The number of rotatable bonds is 5. The summed E-state index contributed by atoms with van der Waals surface area (Å²) in [6.07, 6.45) is -2.80. The van der Waals surface area contributed by atoms with Crippen LogP contribution in [-0.2, 0) is 22.3 Å². The maximum Gasteiger partial charge on any atom is 0.416 e. The Morgan fingerprint density at radius 2 is 2.00 bits per heavy atom. The average molecular weight is 362 g/mol. The lowest BCUT2D eigenvalue weighted by molar-refractivity contribution is -0.145. The fraction of sp³-hybridized carbons (Fsp3) is 0.500. The van der Waals surface area contributed by atoms with Crippen molar-refractivity contribution in [3.63, 3.8) is 0 Å². The first-order chi connectivity index (χ1) is 11.7. The number of halogens is 4. The molecule has 9 heteroatoms. The number of likely N-dealkylation sites (tertiary alicyclic amines) is 1. The molecule has 0 saturated carbocycles. The number of benzene rings is 1. The van der Waals surface area contributed by atoms with Gasteiger partial charge in [0.2, 0.25) is 5.91 Å². The predicted octanol–water partition coefficient (Wildman–Crippen LogP) is 2.40. The number of carboxylic acids is 1. The topological polar surface area (TPSA) is 69.6 Å². The van der Waals surface area contributed by atoms with Crippen molar-refractivity contribution in [1.82, 2.24) is 10.2 Å². The van der Waals surface area contributed by atoms with E-state index >= 15 is 0 Å². The minimum absolute atomic E-state index is 0.209. The highest BCUT2D eigenvalue weighted by Crippen LogP contribution is 2.32. The normalized spacial score (nSPS) is 18.8. The van der Waals surface area contributed by atoms with Crippen molar-refractivity contribution >= 4 is 11.9 Å². The zero-order valence-electron chi connectivity index (χ0n) is 13.3. The fourth-order valence-electron chi connectivity index (χ4n) is 2.86. The Hall–Kier alpha value is -2.16. The van der Waals surface area contributed by atoms with Crippen LogP contribution < -0.4 is 5.32 Å². The molecule has 2 N–H and O–H groups in total. The predicted molar refractivity (Wildman–Crippen MR) is 80.1 cm³/mol. The van der Waals surface area contributed by atoms with Gasteiger partial charge >= 0.3 is 12.1 Å². The van der Waals surface area contributed by atoms with Gasteiger partial charge in [0.15, 0.2) is 0 Å². The molecule has 25 heavy (non-hydrogen) atoms. The molecule has 2 rings (SSSR count). The molecule has 1 aliphatic rings. The summed E-state index contributed by atoms with van der Waals surface area (Å²) < 4.78 is 51.8. The van der Waals surface area contributed by atoms with Crippen LogP contribution >= 0.6 is 0 Å². The molecule has 1 heterocycles. The average Bonchev–Trinajstić information content (AvgIpc) is 2.53. The molecule has 1 atom stereocenters. The number of carboxylic acid groups (broad SMARTS) is 1. The second-order valence-electron chi connectivity index (χ2n) is 5.90. The lowest BCUT2D eigenvalue weighted by atomic mass is 10.0. The molecule has 5 nitrogen and oxygen atoms in total. The molecule has 0 radical (unpaired) electrons. The number of aliphatic carboxylic acids is 1. The lowest BCUT2D eigenvalue weighted by Gasteiger charge is -2.32. The second-order valence-corrected chi connectivity index (χ2v) is 5.90. The van der Waals surface area contributed by atoms with Crippen LogP contribution in [0.15, 0.2) is 18.2 Å². The minimum Gasteiger partial charge on any atom is -0.480 e. The summed E-state index contributed by atoms with van der Waals surface area (Å²) in [6.45, 7) is -0.187. The molecular formula is C16H18F4N2O3. The van der Waals surface area contributed by atoms with Crippen LogP contribution in [0.3, 0.4) is 0 Å². The molecular weight excluding hydrogens is 344 g/mol. The molecule has 1 fully saturated rings. The van der Waals surface area contributed by atoms with E-state index in [9.17, 15) is 27.2 Å². The van der Waals surface area contributed by atoms with Crippen molar-refractivity contribution in [3.8, 4) is 0 Å². The van der Waals surface area contributed by atoms with Gasteiger partial charge in [-0.05, 0) is 37.1 Å². The maximum atomic E-state index is 13.1. The second kappa shape index (κ2) is 7.81. The third-order valence-corrected chi connectivity index (χ3v) is 4.10. The monoisotopic (exact) mass is 362 g/mol. The Morgan fingerprint density at radius 3 is 2.64 bits per heavy atom. The van der Waals surface area contributed by atoms with Gasteiger partial charge < -0.3 is 10.4 Å². The van der Waals surface area contributed by atoms with Crippen LogP contribution in [-0.4, -0.2) is 41.0 Å². The Bertz CT molecular complexity index is 649. The standard InChI is InChI=1S/C16H18F4N2O3/c17-11-5-4-10(12(7-11)16(18,19)20)8-21-14(23)9-22-6-2-1-3-13(22)15(24)25/h4-5,7,13H,1-3,6,8-9H2,(H,21,23)(H,24,25). The van der Waals surface area contributed by atoms with Crippen molar-refractivity contribution in [2.24, 2.45) is 0 Å². The Kier molecular flexibility index (Phi) is 5.99. The third kappa shape index (κ3) is 5.15. The van der Waals surface area contributed by atoms with E-state index in [0.29, 0.717) is 19.0 Å². The molecule has 1 saturated heterocycles. The summed E-state index contributed by atoms with van der Waals surface area (Å²) >= 11 is 0. The highest BCUT2D eigenvalue weighted by molar-refractivity contribution is 5.80. The van der Waals surface area contributed by atoms with E-state index in [1.807, 2.05) is 0 Å². The van der Waals surface area contributed by atoms with E-state index in [4.69, 9.17) is 5.11 Å². The smallest absolute Gasteiger partial charge is 0.416 e. The molecule has 0 aromatic heterocycles. The van der Waals surface area contributed by atoms with Gasteiger partial charge in [-0.25, -0.2) is 4.39 Å². The van der Waals surface area contributed by atoms with E-state index in [1.54, 1.807) is 0 Å². The molecule has 0 spiro atoms. The van der Waals surface area contributed by atoms with Crippen molar-refractivity contribution in [2.45, 2.75) is 38.0 Å². The van der Waals surface area contributed by atoms with Crippen LogP contribution in [0.1, 0.15) is 30.4 Å². The third-order valence-electron chi connectivity index (χ3n) is 4.10. The van der Waals surface area contributed by atoms with Crippen LogP contribution in [0.2, 0.25) is 0 Å². The first-order valence-corrected chi connectivity index (χ1v) is 7.77. The largest absolute Gasteiger partial charge is 0.480 e. The lowest BCUT2D eigenvalue weighted by Crippen LogP contribution is -2.48. The first-order valence-electron chi connectivity index (χ1n) is 7.77. The summed E-state index contributed by atoms with van der Waals surface area (Å²) in [6, 6.07) is 1.48. The van der Waals surface area contributed by atoms with E-state index in [2.05, 4.69) is 5.32 Å². The molecule has 0 aliphatic carbocycles. The van der Waals surface area contributed by atoms with Crippen molar-refractivity contribution < 1.29 is 32.3 Å². The zero-order chi connectivity index (χ0) is 18.6. The summed E-state index contributed by atoms with van der Waals surface area (Å²) in [4.78, 5) is 24.7. The summed E-state index contributed by atoms with van der Waals surface area (Å²) in [5.41, 5.74) is -1.40. The molecule has 1 amide bonds. The van der Waals surface area contributed by atoms with E-state index in [1.165, 1.54) is 4.90 Å². The van der Waals surface area contributed by atoms with Crippen molar-refractivity contribution in [3.05, 3.63) is 35.1 Å². The van der Waals surface area contributed by atoms with Gasteiger partial charge in [-0.2, -0.15) is 13.2 Å². The van der Waals surface area contributed by atoms with Gasteiger partial charge in [0.25, 0.3) is 0 Å². The number of piperidine rings is 1. The van der Waals surface area contributed by atoms with Crippen LogP contribution in [0, 0.1) is 5.82 Å². The zero-order valence-corrected chi connectivity index (χ0v) is 13.3. The number of carbonyl (C=O) groups excluding carboxylic acids is 1. The minimum atomic E-state index is -4.73. The Balaban J connectivity index is 1.99. The number of carbonyl (C=O) groups is 2. The van der Waals surface area contributed by atoms with E-state index in [0.717, 1.165) is 25.0 Å². The SMILES string of the molecule is O=C(CN1CCCCC1C(=O)O)NCc1ccc(F)cc1C(F)(F)F. The van der Waals surface area contributed by atoms with Gasteiger partial charge in [0.05, 0.1) is 12.1 Å². The summed E-state index contributed by atoms with van der Waals surface area (Å²) in [7, 11) is 0. The van der Waals surface area contributed by atoms with Crippen LogP contribution in [0.4, 0.5) is 17.6 Å². The molecule has 1 aliphatic heterocycles. The van der Waals surface area contributed by atoms with Gasteiger partial charge in [0, 0.05) is 6.54 Å². The van der Waals surface area contributed by atoms with E-state index < -0.39 is 42.0 Å². The molecule has 138 valence electrons. The molecule has 1 aromatic rings. The number of alkyl halides is 3.